The molecule has 0 aliphatic carbocycles. The van der Waals surface area contributed by atoms with Crippen molar-refractivity contribution in [1.82, 2.24) is 14.9 Å². The molecule has 0 saturated heterocycles. The quantitative estimate of drug-likeness (QED) is 0.219. The molecule has 0 spiro atoms. The molecular formula is C35H31N5O. The summed E-state index contributed by atoms with van der Waals surface area (Å²) >= 11 is 0. The van der Waals surface area contributed by atoms with Crippen molar-refractivity contribution in [3.05, 3.63) is 120 Å². The van der Waals surface area contributed by atoms with E-state index in [0.29, 0.717) is 5.71 Å². The fraction of sp³-hybridized carbons (Fsp3) is 0.143. The lowest BCUT2D eigenvalue weighted by Crippen LogP contribution is -2.22. The number of benzene rings is 3. The van der Waals surface area contributed by atoms with Crippen LogP contribution in [0, 0.1) is 20.8 Å². The Labute approximate surface area is 239 Å². The third kappa shape index (κ3) is 4.38. The topological polar surface area (TPSA) is 48.6 Å². The van der Waals surface area contributed by atoms with Gasteiger partial charge in [-0.05, 0) is 80.4 Å². The van der Waals surface area contributed by atoms with E-state index >= 15 is 0 Å². The molecule has 3 aromatic heterocycles. The van der Waals surface area contributed by atoms with Gasteiger partial charge in [-0.1, -0.05) is 42.5 Å². The van der Waals surface area contributed by atoms with Gasteiger partial charge in [0.15, 0.2) is 0 Å². The lowest BCUT2D eigenvalue weighted by atomic mass is 10.1. The maximum atomic E-state index is 6.33. The Morgan fingerprint density at radius 3 is 2.34 bits per heavy atom. The van der Waals surface area contributed by atoms with Crippen molar-refractivity contribution in [1.29, 1.82) is 0 Å². The smallest absolute Gasteiger partial charge is 0.227 e. The summed E-state index contributed by atoms with van der Waals surface area (Å²) in [5, 5.41) is 2.05. The molecule has 0 unspecified atom stereocenters. The van der Waals surface area contributed by atoms with Crippen molar-refractivity contribution < 1.29 is 4.42 Å². The summed E-state index contributed by atoms with van der Waals surface area (Å²) in [6, 6.07) is 31.6. The van der Waals surface area contributed by atoms with Gasteiger partial charge in [0.1, 0.15) is 11.4 Å². The summed E-state index contributed by atoms with van der Waals surface area (Å²) in [5.74, 6) is 0.841. The summed E-state index contributed by atoms with van der Waals surface area (Å²) in [7, 11) is 2.08. The molecule has 7 rings (SSSR count). The van der Waals surface area contributed by atoms with Gasteiger partial charge in [0, 0.05) is 52.9 Å². The Morgan fingerprint density at radius 2 is 1.54 bits per heavy atom. The van der Waals surface area contributed by atoms with E-state index in [1.54, 1.807) is 0 Å². The molecule has 3 aromatic carbocycles. The number of anilines is 4. The van der Waals surface area contributed by atoms with E-state index in [1.165, 1.54) is 11.1 Å². The fourth-order valence-electron chi connectivity index (χ4n) is 5.71. The highest BCUT2D eigenvalue weighted by atomic mass is 16.3. The zero-order valence-electron chi connectivity index (χ0n) is 23.7. The summed E-state index contributed by atoms with van der Waals surface area (Å²) in [5.41, 5.74) is 9.86. The molecule has 6 heteroatoms. The van der Waals surface area contributed by atoms with E-state index in [-0.39, 0.29) is 0 Å². The minimum absolute atomic E-state index is 0.652. The van der Waals surface area contributed by atoms with Crippen molar-refractivity contribution in [3.8, 4) is 11.3 Å². The van der Waals surface area contributed by atoms with Gasteiger partial charge in [0.05, 0.1) is 18.1 Å². The van der Waals surface area contributed by atoms with Crippen LogP contribution in [0.2, 0.25) is 0 Å². The number of aromatic nitrogens is 2. The molecule has 4 heterocycles. The van der Waals surface area contributed by atoms with Gasteiger partial charge in [-0.3, -0.25) is 4.90 Å². The van der Waals surface area contributed by atoms with Crippen molar-refractivity contribution >= 4 is 44.9 Å². The van der Waals surface area contributed by atoms with E-state index in [9.17, 15) is 0 Å². The Bertz CT molecular complexity index is 1940. The average Bonchev–Trinajstić information content (AvgIpc) is 3.58. The summed E-state index contributed by atoms with van der Waals surface area (Å²) < 4.78 is 6.33. The molecule has 0 atom stereocenters. The van der Waals surface area contributed by atoms with Crippen LogP contribution in [0.4, 0.5) is 22.9 Å². The van der Waals surface area contributed by atoms with Crippen LogP contribution in [-0.4, -0.2) is 28.6 Å². The van der Waals surface area contributed by atoms with Crippen molar-refractivity contribution in [2.75, 3.05) is 23.5 Å². The number of fused-ring (bicyclic) bond motifs is 3. The zero-order chi connectivity index (χ0) is 28.1. The van der Waals surface area contributed by atoms with Gasteiger partial charge in [0.2, 0.25) is 5.71 Å². The number of hydrogen-bond acceptors (Lipinski definition) is 6. The third-order valence-corrected chi connectivity index (χ3v) is 7.70. The van der Waals surface area contributed by atoms with Crippen molar-refractivity contribution in [2.45, 2.75) is 20.8 Å². The number of rotatable bonds is 5. The van der Waals surface area contributed by atoms with Gasteiger partial charge in [-0.25, -0.2) is 9.97 Å². The van der Waals surface area contributed by atoms with Crippen molar-refractivity contribution in [2.24, 2.45) is 0 Å². The van der Waals surface area contributed by atoms with Gasteiger partial charge >= 0.3 is 0 Å². The van der Waals surface area contributed by atoms with E-state index in [4.69, 9.17) is 9.40 Å². The Kier molecular flexibility index (Phi) is 5.97. The summed E-state index contributed by atoms with van der Waals surface area (Å²) in [6.07, 6.45) is 4.21. The van der Waals surface area contributed by atoms with Gasteiger partial charge in [-0.2, -0.15) is 0 Å². The van der Waals surface area contributed by atoms with Crippen LogP contribution in [0.5, 0.6) is 0 Å². The maximum absolute atomic E-state index is 6.33. The molecule has 0 amide bonds. The highest BCUT2D eigenvalue weighted by Crippen LogP contribution is 2.41. The lowest BCUT2D eigenvalue weighted by molar-refractivity contribution is 0.496. The molecule has 0 radical (unpaired) electrons. The first kappa shape index (κ1) is 24.9. The van der Waals surface area contributed by atoms with Crippen LogP contribution in [-0.2, 0) is 0 Å². The second-order valence-electron chi connectivity index (χ2n) is 10.7. The SMILES string of the molecule is Cc1ccc2c(n1)oc1c(-c3cccc(N(c4cccc(N5C=CN(C)C5)c4)c4c(C)cccc4C)n3)cccc12. The largest absolute Gasteiger partial charge is 0.437 e. The highest BCUT2D eigenvalue weighted by molar-refractivity contribution is 6.08. The van der Waals surface area contributed by atoms with E-state index in [2.05, 4.69) is 132 Å². The summed E-state index contributed by atoms with van der Waals surface area (Å²) in [4.78, 5) is 16.6. The molecule has 0 fully saturated rings. The Balaban J connectivity index is 1.40. The first-order valence-electron chi connectivity index (χ1n) is 13.8. The highest BCUT2D eigenvalue weighted by Gasteiger charge is 2.21. The van der Waals surface area contributed by atoms with Crippen LogP contribution in [0.15, 0.2) is 108 Å². The van der Waals surface area contributed by atoms with E-state index in [0.717, 1.165) is 62.9 Å². The van der Waals surface area contributed by atoms with E-state index < -0.39 is 0 Å². The van der Waals surface area contributed by atoms with Crippen LogP contribution in [0.25, 0.3) is 33.3 Å². The van der Waals surface area contributed by atoms with Crippen LogP contribution >= 0.6 is 0 Å². The lowest BCUT2D eigenvalue weighted by Gasteiger charge is -2.29. The van der Waals surface area contributed by atoms with Gasteiger partial charge in [-0.15, -0.1) is 0 Å². The first-order valence-corrected chi connectivity index (χ1v) is 13.8. The number of para-hydroxylation sites is 2. The van der Waals surface area contributed by atoms with Gasteiger partial charge in [0.25, 0.3) is 0 Å². The molecule has 202 valence electrons. The Morgan fingerprint density at radius 1 is 0.756 bits per heavy atom. The number of hydrogen-bond donors (Lipinski definition) is 0. The second-order valence-corrected chi connectivity index (χ2v) is 10.7. The minimum atomic E-state index is 0.652. The average molecular weight is 538 g/mol. The van der Waals surface area contributed by atoms with Crippen molar-refractivity contribution in [3.63, 3.8) is 0 Å². The second kappa shape index (κ2) is 9.82. The molecule has 6 nitrogen and oxygen atoms in total. The van der Waals surface area contributed by atoms with E-state index in [1.807, 2.05) is 19.1 Å². The zero-order valence-corrected chi connectivity index (χ0v) is 23.7. The molecule has 0 bridgehead atoms. The molecule has 6 aromatic rings. The minimum Gasteiger partial charge on any atom is -0.437 e. The number of aryl methyl sites for hydroxylation is 3. The monoisotopic (exact) mass is 537 g/mol. The van der Waals surface area contributed by atoms with Gasteiger partial charge < -0.3 is 14.2 Å². The molecule has 0 saturated carbocycles. The Hall–Kier alpha value is -5.10. The number of furan rings is 1. The first-order chi connectivity index (χ1) is 20.0. The van der Waals surface area contributed by atoms with Crippen LogP contribution < -0.4 is 9.80 Å². The molecule has 41 heavy (non-hydrogen) atoms. The number of pyridine rings is 2. The standard InChI is InChI=1S/C35H31N5O/c1-23-9-5-10-24(2)33(23)40(27-12-6-11-26(21-27)39-20-19-38(4)22-39)32-16-8-15-31(37-32)30-14-7-13-28-29-18-17-25(3)36-35(29)41-34(28)30/h5-21H,22H2,1-4H3. The normalized spacial score (nSPS) is 13.1. The third-order valence-electron chi connectivity index (χ3n) is 7.70. The molecule has 0 N–H and O–H groups in total. The van der Waals surface area contributed by atoms with Crippen LogP contribution in [0.1, 0.15) is 16.8 Å². The number of nitrogens with zero attached hydrogens (tertiary/aromatic N) is 5. The molecule has 1 aliphatic rings. The predicted octanol–water partition coefficient (Wildman–Crippen LogP) is 8.62. The molecular weight excluding hydrogens is 506 g/mol. The maximum Gasteiger partial charge on any atom is 0.227 e. The summed E-state index contributed by atoms with van der Waals surface area (Å²) in [6.45, 7) is 7.11. The van der Waals surface area contributed by atoms with Crippen LogP contribution in [0.3, 0.4) is 0 Å². The predicted molar refractivity (Wildman–Crippen MR) is 168 cm³/mol. The fourth-order valence-corrected chi connectivity index (χ4v) is 5.71. The molecule has 1 aliphatic heterocycles.